The zero-order chi connectivity index (χ0) is 26.4. The number of carbonyl (C=O) groups excluding carboxylic acids is 2. The fourth-order valence-corrected chi connectivity index (χ4v) is 5.93. The topological polar surface area (TPSA) is 88.0 Å². The maximum absolute atomic E-state index is 14.1. The van der Waals surface area contributed by atoms with Crippen molar-refractivity contribution in [2.45, 2.75) is 38.3 Å². The minimum absolute atomic E-state index is 0.00449. The van der Waals surface area contributed by atoms with Gasteiger partial charge in [-0.1, -0.05) is 31.2 Å². The van der Waals surface area contributed by atoms with Crippen LogP contribution in [0, 0.1) is 0 Å². The summed E-state index contributed by atoms with van der Waals surface area (Å²) in [5, 5.41) is 1.04. The molecule has 2 aromatic carbocycles. The van der Waals surface area contributed by atoms with Gasteiger partial charge in [0.15, 0.2) is 17.0 Å². The van der Waals surface area contributed by atoms with Gasteiger partial charge in [-0.05, 0) is 54.8 Å². The van der Waals surface area contributed by atoms with E-state index in [2.05, 4.69) is 18.0 Å². The molecule has 2 aliphatic heterocycles. The number of H-pyrrole nitrogens is 1. The van der Waals surface area contributed by atoms with Crippen molar-refractivity contribution in [2.24, 2.45) is 0 Å². The molecular weight excluding hydrogens is 482 g/mol. The molecule has 0 unspecified atom stereocenters. The van der Waals surface area contributed by atoms with Gasteiger partial charge in [0.05, 0.1) is 32.2 Å². The van der Waals surface area contributed by atoms with Crippen LogP contribution < -0.4 is 9.47 Å². The van der Waals surface area contributed by atoms with Gasteiger partial charge in [-0.3, -0.25) is 9.59 Å². The Morgan fingerprint density at radius 1 is 1.11 bits per heavy atom. The molecule has 8 nitrogen and oxygen atoms in total. The lowest BCUT2D eigenvalue weighted by molar-refractivity contribution is -0.167. The van der Waals surface area contributed by atoms with Gasteiger partial charge >= 0.3 is 0 Å². The molecule has 6 rings (SSSR count). The molecule has 2 amide bonds. The number of benzene rings is 2. The Labute approximate surface area is 221 Å². The summed E-state index contributed by atoms with van der Waals surface area (Å²) in [4.78, 5) is 34.6. The monoisotopic (exact) mass is 513 g/mol. The molecule has 2 aliphatic rings. The van der Waals surface area contributed by atoms with Gasteiger partial charge in [0.2, 0.25) is 5.91 Å². The molecule has 1 saturated heterocycles. The fourth-order valence-electron chi connectivity index (χ4n) is 5.93. The van der Waals surface area contributed by atoms with Gasteiger partial charge < -0.3 is 28.7 Å². The summed E-state index contributed by atoms with van der Waals surface area (Å²) in [6, 6.07) is 17.6. The number of para-hydroxylation sites is 1. The second kappa shape index (κ2) is 9.28. The molecule has 0 spiro atoms. The summed E-state index contributed by atoms with van der Waals surface area (Å²) in [5.41, 5.74) is 2.55. The van der Waals surface area contributed by atoms with Crippen LogP contribution >= 0.6 is 0 Å². The molecule has 2 atom stereocenters. The van der Waals surface area contributed by atoms with Crippen molar-refractivity contribution in [3.8, 4) is 11.5 Å². The van der Waals surface area contributed by atoms with Gasteiger partial charge in [-0.2, -0.15) is 0 Å². The second-order valence-electron chi connectivity index (χ2n) is 10.1. The van der Waals surface area contributed by atoms with Gasteiger partial charge in [-0.15, -0.1) is 0 Å². The number of hydrogen-bond acceptors (Lipinski definition) is 5. The quantitative estimate of drug-likeness (QED) is 0.384. The van der Waals surface area contributed by atoms with Crippen molar-refractivity contribution in [2.75, 3.05) is 26.8 Å². The number of nitrogens with zero attached hydrogens (tertiary/aromatic N) is 2. The average molecular weight is 514 g/mol. The number of rotatable bonds is 7. The molecule has 2 aromatic heterocycles. The summed E-state index contributed by atoms with van der Waals surface area (Å²) in [6.45, 7) is 5.14. The highest BCUT2D eigenvalue weighted by Crippen LogP contribution is 2.49. The standard InChI is InChI=1S/C30H31N3O5/c1-4-13-38-24-12-11-19(15-25(24)36-3)22-17-33-26(34)18-32(16-20-8-7-14-37-20)29(35)30(33,2)28-27(22)21-9-5-6-10-23(21)31-28/h5-12,14-15,22,31H,4,13,16-18H2,1-3H3/t22-,30-/m0/s1. The van der Waals surface area contributed by atoms with Crippen LogP contribution in [0.4, 0.5) is 0 Å². The van der Waals surface area contributed by atoms with E-state index < -0.39 is 5.54 Å². The lowest BCUT2D eigenvalue weighted by atomic mass is 9.76. The second-order valence-corrected chi connectivity index (χ2v) is 10.1. The number of aromatic nitrogens is 1. The maximum atomic E-state index is 14.1. The Balaban J connectivity index is 1.48. The van der Waals surface area contributed by atoms with Gasteiger partial charge in [-0.25, -0.2) is 0 Å². The Kier molecular flexibility index (Phi) is 5.90. The molecule has 1 fully saturated rings. The van der Waals surface area contributed by atoms with Crippen LogP contribution in [0.5, 0.6) is 11.5 Å². The SMILES string of the molecule is CCCOc1ccc([C@@H]2CN3C(=O)CN(Cc4ccco4)C(=O)[C@]3(C)c3[nH]c4ccccc4c32)cc1OC. The van der Waals surface area contributed by atoms with Crippen LogP contribution in [0.1, 0.15) is 48.8 Å². The van der Waals surface area contributed by atoms with Crippen LogP contribution in [0.25, 0.3) is 10.9 Å². The van der Waals surface area contributed by atoms with E-state index in [0.717, 1.165) is 34.1 Å². The van der Waals surface area contributed by atoms with Crippen LogP contribution in [0.15, 0.2) is 65.3 Å². The van der Waals surface area contributed by atoms with Crippen molar-refractivity contribution in [3.05, 3.63) is 83.4 Å². The first-order chi connectivity index (χ1) is 18.5. The first-order valence-corrected chi connectivity index (χ1v) is 13.0. The molecule has 1 N–H and O–H groups in total. The lowest BCUT2D eigenvalue weighted by Gasteiger charge is -2.51. The summed E-state index contributed by atoms with van der Waals surface area (Å²) in [6.07, 6.45) is 2.47. The van der Waals surface area contributed by atoms with Gasteiger partial charge in [0.25, 0.3) is 5.91 Å². The zero-order valence-electron chi connectivity index (χ0n) is 21.8. The zero-order valence-corrected chi connectivity index (χ0v) is 21.8. The van der Waals surface area contributed by atoms with Crippen molar-refractivity contribution in [1.29, 1.82) is 0 Å². The molecule has 196 valence electrons. The lowest BCUT2D eigenvalue weighted by Crippen LogP contribution is -2.67. The minimum Gasteiger partial charge on any atom is -0.493 e. The van der Waals surface area contributed by atoms with Gasteiger partial charge in [0.1, 0.15) is 12.3 Å². The minimum atomic E-state index is -1.17. The molecule has 8 heteroatoms. The summed E-state index contributed by atoms with van der Waals surface area (Å²) in [7, 11) is 1.63. The van der Waals surface area contributed by atoms with Crippen molar-refractivity contribution < 1.29 is 23.5 Å². The number of amides is 2. The van der Waals surface area contributed by atoms with Crippen LogP contribution in [0.3, 0.4) is 0 Å². The number of methoxy groups -OCH3 is 1. The Morgan fingerprint density at radius 3 is 2.71 bits per heavy atom. The molecule has 0 saturated carbocycles. The molecule has 38 heavy (non-hydrogen) atoms. The first kappa shape index (κ1) is 24.2. The van der Waals surface area contributed by atoms with E-state index in [-0.39, 0.29) is 30.8 Å². The third-order valence-corrected chi connectivity index (χ3v) is 7.80. The maximum Gasteiger partial charge on any atom is 0.255 e. The number of fused-ring (bicyclic) bond motifs is 5. The van der Waals surface area contributed by atoms with E-state index in [9.17, 15) is 9.59 Å². The van der Waals surface area contributed by atoms with E-state index in [1.54, 1.807) is 29.2 Å². The highest BCUT2D eigenvalue weighted by molar-refractivity contribution is 6.01. The number of hydrogen-bond donors (Lipinski definition) is 1. The average Bonchev–Trinajstić information content (AvgIpc) is 3.59. The van der Waals surface area contributed by atoms with E-state index in [1.165, 1.54) is 0 Å². The predicted molar refractivity (Wildman–Crippen MR) is 142 cm³/mol. The third-order valence-electron chi connectivity index (χ3n) is 7.80. The Morgan fingerprint density at radius 2 is 1.95 bits per heavy atom. The fraction of sp³-hybridized carbons (Fsp3) is 0.333. The van der Waals surface area contributed by atoms with Crippen molar-refractivity contribution >= 4 is 22.7 Å². The smallest absolute Gasteiger partial charge is 0.255 e. The van der Waals surface area contributed by atoms with Crippen molar-refractivity contribution in [1.82, 2.24) is 14.8 Å². The van der Waals surface area contributed by atoms with Crippen LogP contribution in [0.2, 0.25) is 0 Å². The van der Waals surface area contributed by atoms with Gasteiger partial charge in [0, 0.05) is 23.4 Å². The number of aromatic amines is 1. The highest BCUT2D eigenvalue weighted by Gasteiger charge is 2.56. The highest BCUT2D eigenvalue weighted by atomic mass is 16.5. The molecule has 4 heterocycles. The van der Waals surface area contributed by atoms with Crippen LogP contribution in [-0.4, -0.2) is 53.4 Å². The number of carbonyl (C=O) groups is 2. The largest absolute Gasteiger partial charge is 0.493 e. The van der Waals surface area contributed by atoms with E-state index >= 15 is 0 Å². The normalized spacial score (nSPS) is 21.0. The van der Waals surface area contributed by atoms with E-state index in [1.807, 2.05) is 49.4 Å². The molecule has 4 aromatic rings. The number of piperazine rings is 1. The third kappa shape index (κ3) is 3.66. The van der Waals surface area contributed by atoms with Crippen molar-refractivity contribution in [3.63, 3.8) is 0 Å². The summed E-state index contributed by atoms with van der Waals surface area (Å²) >= 11 is 0. The first-order valence-electron chi connectivity index (χ1n) is 13.0. The number of furan rings is 1. The van der Waals surface area contributed by atoms with E-state index in [4.69, 9.17) is 13.9 Å². The van der Waals surface area contributed by atoms with E-state index in [0.29, 0.717) is 30.4 Å². The molecular formula is C30H31N3O5. The summed E-state index contributed by atoms with van der Waals surface area (Å²) < 4.78 is 17.0. The molecule has 0 bridgehead atoms. The number of ether oxygens (including phenoxy) is 2. The Bertz CT molecular complexity index is 1510. The number of nitrogens with one attached hydrogen (secondary N) is 1. The predicted octanol–water partition coefficient (Wildman–Crippen LogP) is 4.79. The molecule has 0 radical (unpaired) electrons. The Hall–Kier alpha value is -4.20. The van der Waals surface area contributed by atoms with Crippen LogP contribution in [-0.2, 0) is 21.7 Å². The molecule has 0 aliphatic carbocycles. The summed E-state index contributed by atoms with van der Waals surface area (Å²) in [5.74, 6) is 1.61.